The molecule has 0 bridgehead atoms. The zero-order valence-corrected chi connectivity index (χ0v) is 23.2. The van der Waals surface area contributed by atoms with Crippen LogP contribution in [0.15, 0.2) is 41.3 Å². The minimum Gasteiger partial charge on any atom is -0.495 e. The predicted molar refractivity (Wildman–Crippen MR) is 145 cm³/mol. The van der Waals surface area contributed by atoms with Gasteiger partial charge in [-0.2, -0.15) is 4.31 Å². The Balaban J connectivity index is 0.00000361. The van der Waals surface area contributed by atoms with E-state index in [1.165, 1.54) is 27.8 Å². The van der Waals surface area contributed by atoms with Gasteiger partial charge in [0.1, 0.15) is 21.7 Å². The summed E-state index contributed by atoms with van der Waals surface area (Å²) in [7, 11) is 3.49. The Morgan fingerprint density at radius 1 is 1.00 bits per heavy atom. The van der Waals surface area contributed by atoms with Crippen LogP contribution in [0.1, 0.15) is 23.2 Å². The summed E-state index contributed by atoms with van der Waals surface area (Å²) in [4.78, 5) is 22.1. The molecule has 1 aliphatic heterocycles. The van der Waals surface area contributed by atoms with Crippen molar-refractivity contribution in [2.45, 2.75) is 17.7 Å². The quantitative estimate of drug-likeness (QED) is 0.398. The average molecular weight is 555 g/mol. The molecule has 9 nitrogen and oxygen atoms in total. The van der Waals surface area contributed by atoms with Crippen LogP contribution in [-0.4, -0.2) is 83.0 Å². The highest BCUT2D eigenvalue weighted by molar-refractivity contribution is 7.89. The van der Waals surface area contributed by atoms with Crippen molar-refractivity contribution in [2.24, 2.45) is 0 Å². The zero-order valence-electron chi connectivity index (χ0n) is 20.8. The largest absolute Gasteiger partial charge is 0.495 e. The van der Waals surface area contributed by atoms with Crippen LogP contribution in [0.5, 0.6) is 11.5 Å². The molecule has 1 fully saturated rings. The van der Waals surface area contributed by atoms with Gasteiger partial charge in [0.25, 0.3) is 5.91 Å². The van der Waals surface area contributed by atoms with Crippen molar-refractivity contribution in [1.29, 1.82) is 0 Å². The number of aromatic nitrogens is 1. The van der Waals surface area contributed by atoms with E-state index in [0.29, 0.717) is 53.9 Å². The number of sulfonamides is 1. The van der Waals surface area contributed by atoms with Gasteiger partial charge in [0.15, 0.2) is 5.13 Å². The Morgan fingerprint density at radius 3 is 2.19 bits per heavy atom. The second-order valence-electron chi connectivity index (χ2n) is 8.54. The Hall–Kier alpha value is -2.44. The van der Waals surface area contributed by atoms with Gasteiger partial charge in [-0.15, -0.1) is 12.4 Å². The number of rotatable bonds is 9. The number of hydrogen-bond acceptors (Lipinski definition) is 8. The lowest BCUT2D eigenvalue weighted by atomic mass is 10.2. The number of carbonyl (C=O) groups excluding carboxylic acids is 1. The first kappa shape index (κ1) is 28.1. The normalized spacial score (nSPS) is 14.1. The van der Waals surface area contributed by atoms with Crippen molar-refractivity contribution in [1.82, 2.24) is 14.2 Å². The molecule has 0 aliphatic carbocycles. The standard InChI is InChI=1S/C24H30N4O5S2.ClH/c1-26(2)15-16-28(24-25-21-19(32-3)11-12-20(33-4)22(21)34-24)23(29)17-7-9-18(10-8-17)35(30,31)27-13-5-6-14-27;/h7-12H,5-6,13-16H2,1-4H3;1H. The van der Waals surface area contributed by atoms with Crippen molar-refractivity contribution in [2.75, 3.05) is 59.4 Å². The fraction of sp³-hybridized carbons (Fsp3) is 0.417. The Bertz CT molecular complexity index is 1270. The molecule has 1 amide bonds. The number of carbonyl (C=O) groups is 1. The van der Waals surface area contributed by atoms with Crippen LogP contribution in [0.2, 0.25) is 0 Å². The topological polar surface area (TPSA) is 92.3 Å². The number of nitrogens with zero attached hydrogens (tertiary/aromatic N) is 4. The van der Waals surface area contributed by atoms with E-state index in [1.807, 2.05) is 25.1 Å². The van der Waals surface area contributed by atoms with Gasteiger partial charge in [0.05, 0.1) is 19.1 Å². The van der Waals surface area contributed by atoms with E-state index in [0.717, 1.165) is 17.5 Å². The van der Waals surface area contributed by atoms with Crippen LogP contribution in [0.25, 0.3) is 10.2 Å². The third kappa shape index (κ3) is 5.60. The molecule has 12 heteroatoms. The lowest BCUT2D eigenvalue weighted by Crippen LogP contribution is -2.36. The van der Waals surface area contributed by atoms with Crippen LogP contribution >= 0.6 is 23.7 Å². The lowest BCUT2D eigenvalue weighted by Gasteiger charge is -2.22. The van der Waals surface area contributed by atoms with Crippen molar-refractivity contribution in [3.8, 4) is 11.5 Å². The van der Waals surface area contributed by atoms with Crippen LogP contribution < -0.4 is 14.4 Å². The Labute approximate surface area is 222 Å². The molecule has 0 spiro atoms. The molecule has 2 heterocycles. The van der Waals surface area contributed by atoms with Gasteiger partial charge >= 0.3 is 0 Å². The number of anilines is 1. The average Bonchev–Trinajstić information content (AvgIpc) is 3.54. The van der Waals surface area contributed by atoms with Crippen LogP contribution in [-0.2, 0) is 10.0 Å². The fourth-order valence-corrected chi connectivity index (χ4v) is 6.59. The Kier molecular flexibility index (Phi) is 9.18. The zero-order chi connectivity index (χ0) is 25.2. The second-order valence-corrected chi connectivity index (χ2v) is 11.5. The van der Waals surface area contributed by atoms with E-state index < -0.39 is 10.0 Å². The minimum absolute atomic E-state index is 0. The van der Waals surface area contributed by atoms with E-state index in [2.05, 4.69) is 0 Å². The molecule has 0 radical (unpaired) electrons. The number of amides is 1. The summed E-state index contributed by atoms with van der Waals surface area (Å²) < 4.78 is 39.0. The number of benzene rings is 2. The highest BCUT2D eigenvalue weighted by Gasteiger charge is 2.28. The number of ether oxygens (including phenoxy) is 2. The van der Waals surface area contributed by atoms with Gasteiger partial charge in [-0.05, 0) is 63.3 Å². The number of fused-ring (bicyclic) bond motifs is 1. The van der Waals surface area contributed by atoms with Crippen molar-refractivity contribution < 1.29 is 22.7 Å². The van der Waals surface area contributed by atoms with E-state index in [4.69, 9.17) is 14.5 Å². The number of halogens is 1. The summed E-state index contributed by atoms with van der Waals surface area (Å²) in [6, 6.07) is 9.76. The molecule has 4 rings (SSSR count). The van der Waals surface area contributed by atoms with Crippen LogP contribution in [0, 0.1) is 0 Å². The third-order valence-electron chi connectivity index (χ3n) is 5.95. The summed E-state index contributed by atoms with van der Waals surface area (Å²) in [5.41, 5.74) is 1.02. The lowest BCUT2D eigenvalue weighted by molar-refractivity contribution is 0.0985. The molecule has 0 saturated carbocycles. The monoisotopic (exact) mass is 554 g/mol. The van der Waals surface area contributed by atoms with E-state index in [9.17, 15) is 13.2 Å². The van der Waals surface area contributed by atoms with Crippen molar-refractivity contribution in [3.05, 3.63) is 42.0 Å². The molecular formula is C24H31ClN4O5S2. The van der Waals surface area contributed by atoms with Gasteiger partial charge in [0.2, 0.25) is 10.0 Å². The van der Waals surface area contributed by atoms with E-state index in [1.54, 1.807) is 37.3 Å². The summed E-state index contributed by atoms with van der Waals surface area (Å²) in [6.07, 6.45) is 1.74. The third-order valence-corrected chi connectivity index (χ3v) is 8.96. The fourth-order valence-electron chi connectivity index (χ4n) is 3.98. The molecule has 36 heavy (non-hydrogen) atoms. The van der Waals surface area contributed by atoms with Gasteiger partial charge in [-0.1, -0.05) is 11.3 Å². The van der Waals surface area contributed by atoms with Crippen LogP contribution in [0.4, 0.5) is 5.13 Å². The molecule has 0 unspecified atom stereocenters. The summed E-state index contributed by atoms with van der Waals surface area (Å²) >= 11 is 1.35. The smallest absolute Gasteiger partial charge is 0.260 e. The molecule has 1 saturated heterocycles. The SMILES string of the molecule is COc1ccc(OC)c2sc(N(CCN(C)C)C(=O)c3ccc(S(=O)(=O)N4CCCC4)cc3)nc12.Cl. The molecule has 0 N–H and O–H groups in total. The highest BCUT2D eigenvalue weighted by atomic mass is 35.5. The molecule has 0 atom stereocenters. The van der Waals surface area contributed by atoms with Crippen LogP contribution in [0.3, 0.4) is 0 Å². The first-order valence-corrected chi connectivity index (χ1v) is 13.6. The maximum atomic E-state index is 13.6. The van der Waals surface area contributed by atoms with Crippen molar-refractivity contribution >= 4 is 55.0 Å². The van der Waals surface area contributed by atoms with E-state index in [-0.39, 0.29) is 23.2 Å². The molecule has 1 aliphatic rings. The molecule has 196 valence electrons. The summed E-state index contributed by atoms with van der Waals surface area (Å²) in [6.45, 7) is 2.10. The van der Waals surface area contributed by atoms with Gasteiger partial charge in [-0.25, -0.2) is 13.4 Å². The number of likely N-dealkylation sites (N-methyl/N-ethyl adjacent to an activating group) is 1. The first-order valence-electron chi connectivity index (χ1n) is 11.3. The predicted octanol–water partition coefficient (Wildman–Crippen LogP) is 3.73. The minimum atomic E-state index is -3.54. The number of methoxy groups -OCH3 is 2. The number of hydrogen-bond donors (Lipinski definition) is 0. The highest BCUT2D eigenvalue weighted by Crippen LogP contribution is 2.40. The summed E-state index contributed by atoms with van der Waals surface area (Å²) in [5.74, 6) is 0.995. The first-order chi connectivity index (χ1) is 16.8. The Morgan fingerprint density at radius 2 is 1.61 bits per heavy atom. The maximum absolute atomic E-state index is 13.6. The summed E-state index contributed by atoms with van der Waals surface area (Å²) in [5, 5.41) is 0.517. The molecular weight excluding hydrogens is 524 g/mol. The van der Waals surface area contributed by atoms with Gasteiger partial charge in [-0.3, -0.25) is 9.69 Å². The maximum Gasteiger partial charge on any atom is 0.260 e. The van der Waals surface area contributed by atoms with Gasteiger partial charge in [0, 0.05) is 31.7 Å². The molecule has 1 aromatic heterocycles. The van der Waals surface area contributed by atoms with E-state index >= 15 is 0 Å². The number of thiazole rings is 1. The second kappa shape index (κ2) is 11.7. The van der Waals surface area contributed by atoms with Crippen molar-refractivity contribution in [3.63, 3.8) is 0 Å². The van der Waals surface area contributed by atoms with Gasteiger partial charge < -0.3 is 14.4 Å². The molecule has 3 aromatic rings. The molecule has 2 aromatic carbocycles.